The summed E-state index contributed by atoms with van der Waals surface area (Å²) >= 11 is 0. The zero-order valence-corrected chi connectivity index (χ0v) is 16.4. The molecule has 0 saturated carbocycles. The van der Waals surface area contributed by atoms with E-state index >= 15 is 0 Å². The second-order valence-electron chi connectivity index (χ2n) is 6.57. The van der Waals surface area contributed by atoms with E-state index in [1.54, 1.807) is 26.4 Å². The van der Waals surface area contributed by atoms with Gasteiger partial charge in [-0.3, -0.25) is 14.5 Å². The molecular weight excluding hydrogens is 346 g/mol. The van der Waals surface area contributed by atoms with Crippen LogP contribution in [0.4, 0.5) is 0 Å². The summed E-state index contributed by atoms with van der Waals surface area (Å²) in [4.78, 5) is 31.7. The van der Waals surface area contributed by atoms with E-state index in [0.717, 1.165) is 32.7 Å². The van der Waals surface area contributed by atoms with E-state index in [1.165, 1.54) is 4.90 Å². The minimum atomic E-state index is -0.248. The number of carbonyl (C=O) groups is 2. The third-order valence-electron chi connectivity index (χ3n) is 5.27. The average molecular weight is 373 g/mol. The summed E-state index contributed by atoms with van der Waals surface area (Å²) in [5.41, 5.74) is 1.63. The lowest BCUT2D eigenvalue weighted by atomic mass is 10.0. The summed E-state index contributed by atoms with van der Waals surface area (Å²) in [6.45, 7) is 8.52. The Bertz CT molecular complexity index is 766. The largest absolute Gasteiger partial charge is 0.493 e. The summed E-state index contributed by atoms with van der Waals surface area (Å²) < 4.78 is 10.7. The van der Waals surface area contributed by atoms with Crippen LogP contribution in [0.15, 0.2) is 23.9 Å². The highest BCUT2D eigenvalue weighted by Gasteiger charge is 2.41. The molecule has 0 radical (unpaired) electrons. The number of piperazine rings is 1. The fourth-order valence-electron chi connectivity index (χ4n) is 3.68. The predicted molar refractivity (Wildman–Crippen MR) is 103 cm³/mol. The van der Waals surface area contributed by atoms with E-state index in [0.29, 0.717) is 34.9 Å². The van der Waals surface area contributed by atoms with Crippen LogP contribution in [0.1, 0.15) is 19.4 Å². The number of nitrogens with zero attached hydrogens (tertiary/aromatic N) is 3. The Hall–Kier alpha value is -2.54. The molecule has 27 heavy (non-hydrogen) atoms. The molecule has 0 N–H and O–H groups in total. The molecule has 0 atom stereocenters. The first-order valence-corrected chi connectivity index (χ1v) is 9.35. The summed E-state index contributed by atoms with van der Waals surface area (Å²) in [6, 6.07) is 5.34. The van der Waals surface area contributed by atoms with Gasteiger partial charge in [0.1, 0.15) is 5.70 Å². The Balaban J connectivity index is 2.05. The second-order valence-corrected chi connectivity index (χ2v) is 6.57. The van der Waals surface area contributed by atoms with Crippen molar-refractivity contribution in [2.24, 2.45) is 0 Å². The first-order chi connectivity index (χ1) is 13.0. The molecule has 1 saturated heterocycles. The van der Waals surface area contributed by atoms with Gasteiger partial charge < -0.3 is 19.3 Å². The molecule has 0 aromatic heterocycles. The molecule has 2 aliphatic heterocycles. The third kappa shape index (κ3) is 3.39. The highest BCUT2D eigenvalue weighted by atomic mass is 16.5. The minimum Gasteiger partial charge on any atom is -0.493 e. The lowest BCUT2D eigenvalue weighted by Gasteiger charge is -2.35. The molecule has 1 aromatic carbocycles. The first-order valence-electron chi connectivity index (χ1n) is 9.35. The van der Waals surface area contributed by atoms with Gasteiger partial charge in [-0.25, -0.2) is 0 Å². The standard InChI is InChI=1S/C20H27N3O4/c1-5-21-9-11-22(12-10-21)18-17(19(24)23(6-2)20(18)25)14-7-8-15(26-3)16(13-14)27-4/h7-8,13H,5-6,9-12H2,1-4H3. The van der Waals surface area contributed by atoms with Crippen molar-refractivity contribution in [3.05, 3.63) is 29.5 Å². The highest BCUT2D eigenvalue weighted by Crippen LogP contribution is 2.36. The smallest absolute Gasteiger partial charge is 0.277 e. The van der Waals surface area contributed by atoms with Gasteiger partial charge in [-0.05, 0) is 31.2 Å². The zero-order valence-electron chi connectivity index (χ0n) is 16.4. The molecule has 146 valence electrons. The van der Waals surface area contributed by atoms with Gasteiger partial charge in [0, 0.05) is 32.7 Å². The Morgan fingerprint density at radius 2 is 1.56 bits per heavy atom. The van der Waals surface area contributed by atoms with E-state index in [2.05, 4.69) is 11.8 Å². The van der Waals surface area contributed by atoms with Gasteiger partial charge in [0.15, 0.2) is 11.5 Å². The number of methoxy groups -OCH3 is 2. The fourth-order valence-corrected chi connectivity index (χ4v) is 3.68. The number of hydrogen-bond donors (Lipinski definition) is 0. The Kier molecular flexibility index (Phi) is 5.70. The topological polar surface area (TPSA) is 62.3 Å². The van der Waals surface area contributed by atoms with Crippen molar-refractivity contribution in [3.63, 3.8) is 0 Å². The van der Waals surface area contributed by atoms with Gasteiger partial charge in [-0.15, -0.1) is 0 Å². The van der Waals surface area contributed by atoms with Crippen LogP contribution in [0.2, 0.25) is 0 Å². The van der Waals surface area contributed by atoms with Crippen LogP contribution in [0, 0.1) is 0 Å². The molecule has 7 heteroatoms. The van der Waals surface area contributed by atoms with Crippen molar-refractivity contribution in [2.45, 2.75) is 13.8 Å². The van der Waals surface area contributed by atoms with E-state index in [1.807, 2.05) is 17.9 Å². The second kappa shape index (κ2) is 8.00. The lowest BCUT2D eigenvalue weighted by Crippen LogP contribution is -2.47. The first kappa shape index (κ1) is 19.2. The van der Waals surface area contributed by atoms with Crippen molar-refractivity contribution in [3.8, 4) is 11.5 Å². The number of carbonyl (C=O) groups excluding carboxylic acids is 2. The van der Waals surface area contributed by atoms with Crippen molar-refractivity contribution < 1.29 is 19.1 Å². The fraction of sp³-hybridized carbons (Fsp3) is 0.500. The Labute approximate surface area is 160 Å². The highest BCUT2D eigenvalue weighted by molar-refractivity contribution is 6.35. The molecule has 2 amide bonds. The van der Waals surface area contributed by atoms with Crippen LogP contribution in [-0.2, 0) is 9.59 Å². The quantitative estimate of drug-likeness (QED) is 0.704. The van der Waals surface area contributed by atoms with E-state index < -0.39 is 0 Å². The number of benzene rings is 1. The number of imide groups is 1. The van der Waals surface area contributed by atoms with Crippen molar-refractivity contribution >= 4 is 17.4 Å². The van der Waals surface area contributed by atoms with Gasteiger partial charge in [0.25, 0.3) is 11.8 Å². The molecule has 1 fully saturated rings. The van der Waals surface area contributed by atoms with Crippen molar-refractivity contribution in [1.82, 2.24) is 14.7 Å². The molecule has 2 heterocycles. The normalized spacial score (nSPS) is 18.5. The maximum Gasteiger partial charge on any atom is 0.277 e. The SMILES string of the molecule is CCN1CCN(C2=C(c3ccc(OC)c(OC)c3)C(=O)N(CC)C2=O)CC1. The van der Waals surface area contributed by atoms with Gasteiger partial charge in [-0.1, -0.05) is 13.0 Å². The third-order valence-corrected chi connectivity index (χ3v) is 5.27. The maximum absolute atomic E-state index is 13.0. The average Bonchev–Trinajstić information content (AvgIpc) is 2.96. The molecule has 0 aliphatic carbocycles. The number of amides is 2. The van der Waals surface area contributed by atoms with Gasteiger partial charge in [0.2, 0.25) is 0 Å². The molecule has 3 rings (SSSR count). The number of likely N-dealkylation sites (N-methyl/N-ethyl adjacent to an activating group) is 2. The van der Waals surface area contributed by atoms with Crippen molar-refractivity contribution in [1.29, 1.82) is 0 Å². The van der Waals surface area contributed by atoms with Crippen molar-refractivity contribution in [2.75, 3.05) is 53.5 Å². The lowest BCUT2D eigenvalue weighted by molar-refractivity contribution is -0.137. The van der Waals surface area contributed by atoms with Gasteiger partial charge in [-0.2, -0.15) is 0 Å². The zero-order chi connectivity index (χ0) is 19.6. The number of ether oxygens (including phenoxy) is 2. The number of rotatable bonds is 6. The number of hydrogen-bond acceptors (Lipinski definition) is 6. The van der Waals surface area contributed by atoms with Gasteiger partial charge in [0.05, 0.1) is 19.8 Å². The van der Waals surface area contributed by atoms with Crippen LogP contribution in [0.5, 0.6) is 11.5 Å². The van der Waals surface area contributed by atoms with Crippen LogP contribution in [0.25, 0.3) is 5.57 Å². The monoisotopic (exact) mass is 373 g/mol. The Morgan fingerprint density at radius 1 is 0.889 bits per heavy atom. The predicted octanol–water partition coefficient (Wildman–Crippen LogP) is 1.44. The minimum absolute atomic E-state index is 0.211. The molecule has 2 aliphatic rings. The summed E-state index contributed by atoms with van der Waals surface area (Å²) in [7, 11) is 3.12. The van der Waals surface area contributed by atoms with E-state index in [9.17, 15) is 9.59 Å². The maximum atomic E-state index is 13.0. The van der Waals surface area contributed by atoms with E-state index in [-0.39, 0.29) is 11.8 Å². The van der Waals surface area contributed by atoms with Crippen LogP contribution in [-0.4, -0.2) is 80.0 Å². The molecule has 1 aromatic rings. The summed E-state index contributed by atoms with van der Waals surface area (Å²) in [5, 5.41) is 0. The molecule has 0 unspecified atom stereocenters. The van der Waals surface area contributed by atoms with Crippen LogP contribution in [0.3, 0.4) is 0 Å². The van der Waals surface area contributed by atoms with Gasteiger partial charge >= 0.3 is 0 Å². The molecule has 0 bridgehead atoms. The molecule has 0 spiro atoms. The molecular formula is C20H27N3O4. The van der Waals surface area contributed by atoms with E-state index in [4.69, 9.17) is 9.47 Å². The summed E-state index contributed by atoms with van der Waals surface area (Å²) in [6.07, 6.45) is 0. The molecule has 7 nitrogen and oxygen atoms in total. The van der Waals surface area contributed by atoms with Crippen LogP contribution < -0.4 is 9.47 Å². The van der Waals surface area contributed by atoms with Crippen LogP contribution >= 0.6 is 0 Å². The summed E-state index contributed by atoms with van der Waals surface area (Å²) in [5.74, 6) is 0.664. The Morgan fingerprint density at radius 3 is 2.11 bits per heavy atom.